The van der Waals surface area contributed by atoms with Gasteiger partial charge in [0.25, 0.3) is 0 Å². The van der Waals surface area contributed by atoms with Gasteiger partial charge >= 0.3 is 6.09 Å². The number of hydrogen-bond donors (Lipinski definition) is 2. The molecule has 1 saturated heterocycles. The lowest BCUT2D eigenvalue weighted by Gasteiger charge is -2.36. The van der Waals surface area contributed by atoms with Gasteiger partial charge in [-0.3, -0.25) is 0 Å². The standard InChI is InChI=1S/C24H41N5O3Si/c1-23(2,3)32-22(30)29-12-9-10-18(15-29)28-21-19-17(14-25-20(19)26-16-27-21)11-13-31-33(7,8)24(4,5)6/h14,16,18H,9-13,15H2,1-8H3,(H2,25,26,27,28)/t18-/m1/s1. The number of nitrogens with one attached hydrogen (secondary N) is 2. The summed E-state index contributed by atoms with van der Waals surface area (Å²) in [6.45, 7) is 19.0. The second-order valence-corrected chi connectivity index (χ2v) is 16.3. The molecule has 9 heteroatoms. The molecule has 0 bridgehead atoms. The third kappa shape index (κ3) is 6.47. The molecular formula is C24H41N5O3Si. The summed E-state index contributed by atoms with van der Waals surface area (Å²) >= 11 is 0. The molecule has 0 unspecified atom stereocenters. The van der Waals surface area contributed by atoms with Gasteiger partial charge in [-0.05, 0) is 63.7 Å². The van der Waals surface area contributed by atoms with Gasteiger partial charge < -0.3 is 24.4 Å². The SMILES string of the molecule is CC(C)(C)OC(=O)N1CCC[C@@H](Nc2ncnc3[nH]cc(CCO[Si](C)(C)C(C)(C)C)c23)C1. The lowest BCUT2D eigenvalue weighted by Crippen LogP contribution is -2.47. The number of anilines is 1. The van der Waals surface area contributed by atoms with Crippen molar-refractivity contribution >= 4 is 31.3 Å². The second kappa shape index (κ2) is 9.62. The minimum atomic E-state index is -1.80. The molecule has 3 heterocycles. The maximum atomic E-state index is 12.5. The number of aromatic nitrogens is 3. The van der Waals surface area contributed by atoms with Gasteiger partial charge in [0.15, 0.2) is 8.32 Å². The zero-order valence-corrected chi connectivity index (χ0v) is 22.5. The fourth-order valence-electron chi connectivity index (χ4n) is 3.75. The van der Waals surface area contributed by atoms with Crippen LogP contribution in [-0.2, 0) is 15.6 Å². The van der Waals surface area contributed by atoms with Crippen LogP contribution in [0.1, 0.15) is 59.9 Å². The van der Waals surface area contributed by atoms with Crippen LogP contribution in [0.2, 0.25) is 18.1 Å². The fourth-order valence-corrected chi connectivity index (χ4v) is 4.79. The van der Waals surface area contributed by atoms with Gasteiger partial charge in [0, 0.05) is 31.9 Å². The average molecular weight is 476 g/mol. The Balaban J connectivity index is 1.70. The Labute approximate surface area is 199 Å². The van der Waals surface area contributed by atoms with Gasteiger partial charge in [-0.25, -0.2) is 14.8 Å². The van der Waals surface area contributed by atoms with Crippen LogP contribution in [0.15, 0.2) is 12.5 Å². The number of likely N-dealkylation sites (tertiary alicyclic amines) is 1. The average Bonchev–Trinajstić information content (AvgIpc) is 3.10. The zero-order valence-electron chi connectivity index (χ0n) is 21.5. The largest absolute Gasteiger partial charge is 0.444 e. The molecule has 0 aromatic carbocycles. The van der Waals surface area contributed by atoms with Crippen molar-refractivity contribution < 1.29 is 14.0 Å². The predicted octanol–water partition coefficient (Wildman–Crippen LogP) is 5.33. The van der Waals surface area contributed by atoms with Crippen LogP contribution in [0.25, 0.3) is 11.0 Å². The Morgan fingerprint density at radius 3 is 2.64 bits per heavy atom. The van der Waals surface area contributed by atoms with Crippen LogP contribution in [0.3, 0.4) is 0 Å². The number of carbonyl (C=O) groups is 1. The molecule has 33 heavy (non-hydrogen) atoms. The molecule has 8 nitrogen and oxygen atoms in total. The second-order valence-electron chi connectivity index (χ2n) is 11.5. The number of fused-ring (bicyclic) bond motifs is 1. The molecule has 0 spiro atoms. The van der Waals surface area contributed by atoms with E-state index in [-0.39, 0.29) is 17.2 Å². The highest BCUT2D eigenvalue weighted by molar-refractivity contribution is 6.74. The minimum absolute atomic E-state index is 0.107. The van der Waals surface area contributed by atoms with E-state index < -0.39 is 13.9 Å². The lowest BCUT2D eigenvalue weighted by atomic mass is 10.1. The molecule has 1 atom stereocenters. The first kappa shape index (κ1) is 25.5. The summed E-state index contributed by atoms with van der Waals surface area (Å²) in [5.41, 5.74) is 1.46. The number of carbonyl (C=O) groups excluding carboxylic acids is 1. The first-order valence-electron chi connectivity index (χ1n) is 12.0. The molecule has 1 aliphatic rings. The molecule has 2 aromatic heterocycles. The third-order valence-electron chi connectivity index (χ3n) is 6.61. The van der Waals surface area contributed by atoms with Crippen LogP contribution in [0.5, 0.6) is 0 Å². The highest BCUT2D eigenvalue weighted by Gasteiger charge is 2.37. The van der Waals surface area contributed by atoms with E-state index in [1.54, 1.807) is 11.2 Å². The maximum absolute atomic E-state index is 12.5. The Morgan fingerprint density at radius 1 is 1.24 bits per heavy atom. The summed E-state index contributed by atoms with van der Waals surface area (Å²) in [7, 11) is -1.80. The van der Waals surface area contributed by atoms with Crippen molar-refractivity contribution in [3.05, 3.63) is 18.1 Å². The van der Waals surface area contributed by atoms with Crippen LogP contribution >= 0.6 is 0 Å². The van der Waals surface area contributed by atoms with E-state index in [1.165, 1.54) is 0 Å². The van der Waals surface area contributed by atoms with Crippen LogP contribution < -0.4 is 5.32 Å². The zero-order chi connectivity index (χ0) is 24.4. The summed E-state index contributed by atoms with van der Waals surface area (Å²) < 4.78 is 12.0. The molecule has 0 aliphatic carbocycles. The first-order valence-corrected chi connectivity index (χ1v) is 14.9. The van der Waals surface area contributed by atoms with E-state index >= 15 is 0 Å². The number of H-pyrrole nitrogens is 1. The fraction of sp³-hybridized carbons (Fsp3) is 0.708. The molecule has 1 aliphatic heterocycles. The summed E-state index contributed by atoms with van der Waals surface area (Å²) in [6, 6.07) is 0.107. The Kier molecular flexibility index (Phi) is 7.43. The molecule has 1 fully saturated rings. The van der Waals surface area contributed by atoms with Crippen molar-refractivity contribution in [2.45, 2.75) is 90.6 Å². The van der Waals surface area contributed by atoms with Crippen LogP contribution in [-0.4, -0.2) is 65.6 Å². The quantitative estimate of drug-likeness (QED) is 0.548. The molecule has 3 rings (SSSR count). The number of rotatable bonds is 6. The molecule has 1 amide bonds. The van der Waals surface area contributed by atoms with Crippen molar-refractivity contribution in [2.24, 2.45) is 0 Å². The summed E-state index contributed by atoms with van der Waals surface area (Å²) in [4.78, 5) is 26.6. The monoisotopic (exact) mass is 475 g/mol. The van der Waals surface area contributed by atoms with Gasteiger partial charge in [0.2, 0.25) is 0 Å². The van der Waals surface area contributed by atoms with Gasteiger partial charge in [-0.2, -0.15) is 0 Å². The van der Waals surface area contributed by atoms with Crippen LogP contribution in [0.4, 0.5) is 10.6 Å². The number of nitrogens with zero attached hydrogens (tertiary/aromatic N) is 3. The van der Waals surface area contributed by atoms with E-state index in [2.05, 4.69) is 54.1 Å². The number of piperidine rings is 1. The Hall–Kier alpha value is -2.13. The first-order chi connectivity index (χ1) is 15.3. The Morgan fingerprint density at radius 2 is 1.97 bits per heavy atom. The smallest absolute Gasteiger partial charge is 0.410 e. The lowest BCUT2D eigenvalue weighted by molar-refractivity contribution is 0.0206. The predicted molar refractivity (Wildman–Crippen MR) is 135 cm³/mol. The molecule has 0 radical (unpaired) electrons. The van der Waals surface area contributed by atoms with Gasteiger partial charge in [0.1, 0.15) is 23.4 Å². The molecule has 0 saturated carbocycles. The highest BCUT2D eigenvalue weighted by Crippen LogP contribution is 2.36. The van der Waals surface area contributed by atoms with Crippen molar-refractivity contribution in [3.8, 4) is 0 Å². The summed E-state index contributed by atoms with van der Waals surface area (Å²) in [5.74, 6) is 0.805. The highest BCUT2D eigenvalue weighted by atomic mass is 28.4. The number of amides is 1. The number of hydrogen-bond acceptors (Lipinski definition) is 6. The summed E-state index contributed by atoms with van der Waals surface area (Å²) in [5, 5.41) is 4.77. The molecular weight excluding hydrogens is 434 g/mol. The minimum Gasteiger partial charge on any atom is -0.444 e. The van der Waals surface area contributed by atoms with Gasteiger partial charge in [-0.1, -0.05) is 20.8 Å². The summed E-state index contributed by atoms with van der Waals surface area (Å²) in [6.07, 6.45) is 6.01. The maximum Gasteiger partial charge on any atom is 0.410 e. The normalized spacial score (nSPS) is 17.9. The van der Waals surface area contributed by atoms with E-state index in [0.29, 0.717) is 19.7 Å². The molecule has 2 aromatic rings. The van der Waals surface area contributed by atoms with Gasteiger partial charge in [0.05, 0.1) is 5.39 Å². The van der Waals surface area contributed by atoms with Crippen LogP contribution in [0, 0.1) is 0 Å². The van der Waals surface area contributed by atoms with E-state index in [1.807, 2.05) is 27.0 Å². The third-order valence-corrected chi connectivity index (χ3v) is 11.1. The van der Waals surface area contributed by atoms with E-state index in [4.69, 9.17) is 9.16 Å². The van der Waals surface area contributed by atoms with E-state index in [0.717, 1.165) is 41.7 Å². The number of ether oxygens (including phenoxy) is 1. The molecule has 184 valence electrons. The van der Waals surface area contributed by atoms with Gasteiger partial charge in [-0.15, -0.1) is 0 Å². The van der Waals surface area contributed by atoms with Crippen molar-refractivity contribution in [2.75, 3.05) is 25.0 Å². The number of aromatic amines is 1. The van der Waals surface area contributed by atoms with E-state index in [9.17, 15) is 4.79 Å². The van der Waals surface area contributed by atoms with Crippen molar-refractivity contribution in [1.29, 1.82) is 0 Å². The van der Waals surface area contributed by atoms with Crippen molar-refractivity contribution in [3.63, 3.8) is 0 Å². The van der Waals surface area contributed by atoms with Crippen molar-refractivity contribution in [1.82, 2.24) is 19.9 Å². The topological polar surface area (TPSA) is 92.4 Å². The molecule has 2 N–H and O–H groups in total. The Bertz CT molecular complexity index is 961.